The summed E-state index contributed by atoms with van der Waals surface area (Å²) in [5.41, 5.74) is -1.54. The molecule has 1 unspecified atom stereocenters. The Bertz CT molecular complexity index is 557. The molecule has 1 fully saturated rings. The first kappa shape index (κ1) is 13.5. The van der Waals surface area contributed by atoms with Gasteiger partial charge in [-0.2, -0.15) is 4.72 Å². The van der Waals surface area contributed by atoms with Gasteiger partial charge in [0.25, 0.3) is 10.0 Å². The molecule has 0 amide bonds. The van der Waals surface area contributed by atoms with Gasteiger partial charge in [0.2, 0.25) is 0 Å². The summed E-state index contributed by atoms with van der Waals surface area (Å²) < 4.78 is 31.6. The van der Waals surface area contributed by atoms with Gasteiger partial charge in [0.05, 0.1) is 6.61 Å². The number of aryl methyl sites for hydroxylation is 1. The molecule has 1 saturated heterocycles. The van der Waals surface area contributed by atoms with Crippen LogP contribution in [0.5, 0.6) is 0 Å². The van der Waals surface area contributed by atoms with E-state index in [1.54, 1.807) is 13.0 Å². The first-order valence-corrected chi connectivity index (χ1v) is 7.57. The highest BCUT2D eigenvalue weighted by Crippen LogP contribution is 2.25. The Labute approximate surface area is 109 Å². The lowest BCUT2D eigenvalue weighted by Gasteiger charge is -2.22. The average Bonchev–Trinajstić information content (AvgIpc) is 2.87. The van der Waals surface area contributed by atoms with Crippen LogP contribution < -0.4 is 4.72 Å². The third-order valence-corrected chi connectivity index (χ3v) is 5.77. The fraction of sp³-hybridized carbons (Fsp3) is 0.500. The molecule has 2 rings (SSSR count). The highest BCUT2D eigenvalue weighted by molar-refractivity contribution is 7.91. The van der Waals surface area contributed by atoms with Crippen molar-refractivity contribution >= 4 is 27.3 Å². The van der Waals surface area contributed by atoms with Gasteiger partial charge in [0.15, 0.2) is 5.54 Å². The van der Waals surface area contributed by atoms with E-state index in [0.29, 0.717) is 0 Å². The van der Waals surface area contributed by atoms with Crippen molar-refractivity contribution in [2.45, 2.75) is 23.1 Å². The second kappa shape index (κ2) is 4.61. The quantitative estimate of drug-likeness (QED) is 0.846. The van der Waals surface area contributed by atoms with Gasteiger partial charge in [-0.05, 0) is 19.1 Å². The molecule has 1 aliphatic heterocycles. The third-order valence-electron chi connectivity index (χ3n) is 2.74. The van der Waals surface area contributed by atoms with Gasteiger partial charge in [-0.25, -0.2) is 8.42 Å². The average molecular weight is 291 g/mol. The van der Waals surface area contributed by atoms with Crippen LogP contribution in [0.4, 0.5) is 0 Å². The van der Waals surface area contributed by atoms with Gasteiger partial charge >= 0.3 is 5.97 Å². The Kier molecular flexibility index (Phi) is 3.45. The van der Waals surface area contributed by atoms with E-state index in [0.717, 1.165) is 16.2 Å². The molecule has 2 heterocycles. The molecule has 0 radical (unpaired) electrons. The Morgan fingerprint density at radius 2 is 2.28 bits per heavy atom. The Morgan fingerprint density at radius 3 is 2.72 bits per heavy atom. The summed E-state index contributed by atoms with van der Waals surface area (Å²) in [6.45, 7) is 1.87. The summed E-state index contributed by atoms with van der Waals surface area (Å²) in [7, 11) is -3.82. The molecule has 100 valence electrons. The number of thiophene rings is 1. The summed E-state index contributed by atoms with van der Waals surface area (Å²) in [4.78, 5) is 12.1. The molecule has 0 aliphatic carbocycles. The van der Waals surface area contributed by atoms with E-state index in [-0.39, 0.29) is 23.8 Å². The van der Waals surface area contributed by atoms with Crippen molar-refractivity contribution in [3.05, 3.63) is 17.0 Å². The maximum absolute atomic E-state index is 12.1. The molecule has 1 aliphatic rings. The van der Waals surface area contributed by atoms with E-state index in [2.05, 4.69) is 4.72 Å². The van der Waals surface area contributed by atoms with Gasteiger partial charge in [0.1, 0.15) is 4.21 Å². The highest BCUT2D eigenvalue weighted by atomic mass is 32.2. The number of aliphatic carboxylic acids is 1. The molecule has 6 nitrogen and oxygen atoms in total. The number of carboxylic acid groups (broad SMARTS) is 1. The molecule has 1 atom stereocenters. The number of nitrogens with one attached hydrogen (secondary N) is 1. The molecule has 8 heteroatoms. The van der Waals surface area contributed by atoms with Crippen molar-refractivity contribution in [3.8, 4) is 0 Å². The topological polar surface area (TPSA) is 92.7 Å². The summed E-state index contributed by atoms with van der Waals surface area (Å²) >= 11 is 1.10. The van der Waals surface area contributed by atoms with Crippen LogP contribution in [0, 0.1) is 6.92 Å². The van der Waals surface area contributed by atoms with E-state index >= 15 is 0 Å². The van der Waals surface area contributed by atoms with E-state index < -0.39 is 21.5 Å². The number of carbonyl (C=O) groups is 1. The van der Waals surface area contributed by atoms with Crippen molar-refractivity contribution in [2.24, 2.45) is 0 Å². The Balaban J connectivity index is 2.29. The van der Waals surface area contributed by atoms with Crippen LogP contribution in [-0.2, 0) is 19.6 Å². The number of hydrogen-bond donors (Lipinski definition) is 2. The summed E-state index contributed by atoms with van der Waals surface area (Å²) in [6.07, 6.45) is 0.131. The second-order valence-electron chi connectivity index (χ2n) is 4.16. The smallest absolute Gasteiger partial charge is 0.327 e. The van der Waals surface area contributed by atoms with E-state index in [1.807, 2.05) is 0 Å². The molecule has 0 aromatic carbocycles. The van der Waals surface area contributed by atoms with E-state index in [9.17, 15) is 18.3 Å². The molecule has 0 saturated carbocycles. The molecule has 0 spiro atoms. The zero-order valence-corrected chi connectivity index (χ0v) is 11.3. The lowest BCUT2D eigenvalue weighted by molar-refractivity contribution is -0.144. The third kappa shape index (κ3) is 2.41. The van der Waals surface area contributed by atoms with Gasteiger partial charge in [0, 0.05) is 17.9 Å². The van der Waals surface area contributed by atoms with Crippen LogP contribution in [0.3, 0.4) is 0 Å². The zero-order valence-electron chi connectivity index (χ0n) is 9.67. The monoisotopic (exact) mass is 291 g/mol. The fourth-order valence-corrected chi connectivity index (χ4v) is 4.38. The second-order valence-corrected chi connectivity index (χ2v) is 7.36. The lowest BCUT2D eigenvalue weighted by atomic mass is 10.0. The van der Waals surface area contributed by atoms with Crippen molar-refractivity contribution in [1.29, 1.82) is 0 Å². The largest absolute Gasteiger partial charge is 0.480 e. The van der Waals surface area contributed by atoms with Crippen LogP contribution in [0.1, 0.15) is 11.3 Å². The predicted octanol–water partition coefficient (Wildman–Crippen LogP) is 0.579. The van der Waals surface area contributed by atoms with Crippen molar-refractivity contribution in [1.82, 2.24) is 4.72 Å². The summed E-state index contributed by atoms with van der Waals surface area (Å²) in [5.74, 6) is -1.21. The number of hydrogen-bond acceptors (Lipinski definition) is 5. The van der Waals surface area contributed by atoms with E-state index in [4.69, 9.17) is 4.74 Å². The van der Waals surface area contributed by atoms with Gasteiger partial charge in [-0.15, -0.1) is 11.3 Å². The summed E-state index contributed by atoms with van der Waals surface area (Å²) in [5, 5.41) is 9.18. The Hall–Kier alpha value is -0.960. The van der Waals surface area contributed by atoms with Crippen LogP contribution in [0.15, 0.2) is 16.3 Å². The SMILES string of the molecule is Cc1ccc(S(=O)(=O)NC2(C(=O)O)CCOC2)s1. The first-order chi connectivity index (χ1) is 8.36. The van der Waals surface area contributed by atoms with Gasteiger partial charge in [-0.1, -0.05) is 0 Å². The first-order valence-electron chi connectivity index (χ1n) is 5.27. The molecule has 1 aromatic heterocycles. The molecular weight excluding hydrogens is 278 g/mol. The molecule has 0 bridgehead atoms. The van der Waals surface area contributed by atoms with Crippen molar-refractivity contribution in [3.63, 3.8) is 0 Å². The minimum absolute atomic E-state index is 0.118. The zero-order chi connectivity index (χ0) is 13.4. The molecule has 1 aromatic rings. The normalized spacial score (nSPS) is 24.3. The van der Waals surface area contributed by atoms with Crippen molar-refractivity contribution in [2.75, 3.05) is 13.2 Å². The van der Waals surface area contributed by atoms with Crippen molar-refractivity contribution < 1.29 is 23.1 Å². The molecule has 18 heavy (non-hydrogen) atoms. The number of carboxylic acids is 1. The minimum Gasteiger partial charge on any atom is -0.480 e. The van der Waals surface area contributed by atoms with Gasteiger partial charge < -0.3 is 9.84 Å². The van der Waals surface area contributed by atoms with Crippen LogP contribution in [0.25, 0.3) is 0 Å². The highest BCUT2D eigenvalue weighted by Gasteiger charge is 2.46. The van der Waals surface area contributed by atoms with Crippen LogP contribution >= 0.6 is 11.3 Å². The summed E-state index contributed by atoms with van der Waals surface area (Å²) in [6, 6.07) is 3.14. The maximum Gasteiger partial charge on any atom is 0.327 e. The predicted molar refractivity (Wildman–Crippen MR) is 65.2 cm³/mol. The fourth-order valence-electron chi connectivity index (χ4n) is 1.72. The lowest BCUT2D eigenvalue weighted by Crippen LogP contribution is -2.54. The maximum atomic E-state index is 12.1. The minimum atomic E-state index is -3.82. The molecule has 2 N–H and O–H groups in total. The number of ether oxygens (including phenoxy) is 1. The van der Waals surface area contributed by atoms with E-state index in [1.165, 1.54) is 6.07 Å². The number of rotatable bonds is 4. The van der Waals surface area contributed by atoms with Crippen LogP contribution in [0.2, 0.25) is 0 Å². The standard InChI is InChI=1S/C10H13NO5S2/c1-7-2-3-8(17-7)18(14,15)11-10(9(12)13)4-5-16-6-10/h2-3,11H,4-6H2,1H3,(H,12,13). The van der Waals surface area contributed by atoms with Gasteiger partial charge in [-0.3, -0.25) is 4.79 Å². The van der Waals surface area contributed by atoms with Crippen LogP contribution in [-0.4, -0.2) is 38.2 Å². The number of sulfonamides is 1. The molecular formula is C10H13NO5S2. The Morgan fingerprint density at radius 1 is 1.56 bits per heavy atom.